The molecule has 1 atom stereocenters. The molecule has 0 saturated heterocycles. The number of halogens is 5. The zero-order valence-corrected chi connectivity index (χ0v) is 13.2. The van der Waals surface area contributed by atoms with Crippen LogP contribution in [0.5, 0.6) is 0 Å². The van der Waals surface area contributed by atoms with E-state index >= 15 is 0 Å². The van der Waals surface area contributed by atoms with E-state index in [1.165, 1.54) is 0 Å². The van der Waals surface area contributed by atoms with E-state index in [2.05, 4.69) is 31.9 Å². The van der Waals surface area contributed by atoms with Crippen molar-refractivity contribution in [2.45, 2.75) is 6.10 Å². The lowest BCUT2D eigenvalue weighted by Gasteiger charge is -2.15. The number of aliphatic hydroxyl groups excluding tert-OH is 1. The van der Waals surface area contributed by atoms with Crippen molar-refractivity contribution in [3.05, 3.63) is 67.1 Å². The average Bonchev–Trinajstić information content (AvgIpc) is 2.33. The van der Waals surface area contributed by atoms with Crippen LogP contribution >= 0.6 is 43.5 Å². The Morgan fingerprint density at radius 1 is 1.00 bits per heavy atom. The molecule has 1 N–H and O–H groups in total. The quantitative estimate of drug-likeness (QED) is 0.670. The van der Waals surface area contributed by atoms with Crippen molar-refractivity contribution in [2.75, 3.05) is 0 Å². The van der Waals surface area contributed by atoms with Gasteiger partial charge in [0.15, 0.2) is 11.6 Å². The average molecular weight is 412 g/mol. The summed E-state index contributed by atoms with van der Waals surface area (Å²) in [5.41, 5.74) is 0.625. The Morgan fingerprint density at radius 2 is 1.63 bits per heavy atom. The fraction of sp³-hybridized carbons (Fsp3) is 0.0769. The predicted molar refractivity (Wildman–Crippen MR) is 77.3 cm³/mol. The van der Waals surface area contributed by atoms with E-state index in [1.807, 2.05) is 0 Å². The Bertz CT molecular complexity index is 634. The van der Waals surface area contributed by atoms with E-state index in [0.717, 1.165) is 16.6 Å². The Kier molecular flexibility index (Phi) is 4.61. The molecular weight excluding hydrogens is 405 g/mol. The molecule has 2 rings (SSSR count). The molecule has 0 aliphatic carbocycles. The Balaban J connectivity index is 2.49. The van der Waals surface area contributed by atoms with Gasteiger partial charge in [-0.3, -0.25) is 0 Å². The fourth-order valence-electron chi connectivity index (χ4n) is 1.64. The molecule has 0 fully saturated rings. The summed E-state index contributed by atoms with van der Waals surface area (Å²) in [5, 5.41) is 10.2. The molecule has 0 spiro atoms. The molecular formula is C13H7Br2ClF2O. The van der Waals surface area contributed by atoms with Crippen LogP contribution in [0.25, 0.3) is 0 Å². The first-order valence-corrected chi connectivity index (χ1v) is 7.14. The van der Waals surface area contributed by atoms with Gasteiger partial charge in [-0.1, -0.05) is 49.5 Å². The van der Waals surface area contributed by atoms with Crippen LogP contribution in [0.2, 0.25) is 5.02 Å². The number of benzene rings is 2. The summed E-state index contributed by atoms with van der Waals surface area (Å²) in [6.45, 7) is 0. The first kappa shape index (κ1) is 14.9. The number of hydrogen-bond acceptors (Lipinski definition) is 1. The third-order valence-corrected chi connectivity index (χ3v) is 4.10. The zero-order valence-electron chi connectivity index (χ0n) is 9.30. The maximum absolute atomic E-state index is 13.2. The minimum absolute atomic E-state index is 0.0266. The standard InChI is InChI=1S/C13H7Br2ClF2O/c14-6-1-2-7(9(15)3-6)13(19)8-4-11(17)12(18)5-10(8)16/h1-5,13,19H. The molecule has 100 valence electrons. The topological polar surface area (TPSA) is 20.2 Å². The minimum atomic E-state index is -1.15. The van der Waals surface area contributed by atoms with Crippen molar-refractivity contribution < 1.29 is 13.9 Å². The second kappa shape index (κ2) is 5.87. The van der Waals surface area contributed by atoms with Gasteiger partial charge in [-0.2, -0.15) is 0 Å². The summed E-state index contributed by atoms with van der Waals surface area (Å²) in [6.07, 6.45) is -1.15. The van der Waals surface area contributed by atoms with Crippen molar-refractivity contribution in [3.63, 3.8) is 0 Å². The minimum Gasteiger partial charge on any atom is -0.384 e. The second-order valence-electron chi connectivity index (χ2n) is 3.86. The molecule has 0 saturated carbocycles. The molecule has 2 aromatic rings. The number of hydrogen-bond donors (Lipinski definition) is 1. The summed E-state index contributed by atoms with van der Waals surface area (Å²) >= 11 is 12.4. The van der Waals surface area contributed by atoms with Crippen molar-refractivity contribution in [2.24, 2.45) is 0 Å². The fourth-order valence-corrected chi connectivity index (χ4v) is 3.16. The van der Waals surface area contributed by atoms with Gasteiger partial charge in [0.1, 0.15) is 6.10 Å². The van der Waals surface area contributed by atoms with Gasteiger partial charge >= 0.3 is 0 Å². The van der Waals surface area contributed by atoms with Gasteiger partial charge in [-0.15, -0.1) is 0 Å². The summed E-state index contributed by atoms with van der Waals surface area (Å²) in [7, 11) is 0. The monoisotopic (exact) mass is 410 g/mol. The summed E-state index contributed by atoms with van der Waals surface area (Å²) < 4.78 is 27.7. The maximum atomic E-state index is 13.2. The van der Waals surface area contributed by atoms with Crippen molar-refractivity contribution >= 4 is 43.5 Å². The van der Waals surface area contributed by atoms with Gasteiger partial charge in [0.25, 0.3) is 0 Å². The molecule has 0 radical (unpaired) electrons. The van der Waals surface area contributed by atoms with Crippen LogP contribution in [0.4, 0.5) is 8.78 Å². The van der Waals surface area contributed by atoms with Gasteiger partial charge in [-0.05, 0) is 29.8 Å². The van der Waals surface area contributed by atoms with Gasteiger partial charge in [-0.25, -0.2) is 8.78 Å². The Hall–Kier alpha value is -0.490. The van der Waals surface area contributed by atoms with Crippen molar-refractivity contribution in [1.82, 2.24) is 0 Å². The molecule has 2 aromatic carbocycles. The van der Waals surface area contributed by atoms with E-state index in [4.69, 9.17) is 11.6 Å². The zero-order chi connectivity index (χ0) is 14.2. The highest BCUT2D eigenvalue weighted by Crippen LogP contribution is 2.34. The van der Waals surface area contributed by atoms with E-state index in [1.54, 1.807) is 18.2 Å². The SMILES string of the molecule is OC(c1cc(F)c(F)cc1Cl)c1ccc(Br)cc1Br. The van der Waals surface area contributed by atoms with Crippen LogP contribution in [0, 0.1) is 11.6 Å². The van der Waals surface area contributed by atoms with E-state index in [0.29, 0.717) is 10.0 Å². The lowest BCUT2D eigenvalue weighted by atomic mass is 10.0. The van der Waals surface area contributed by atoms with Gasteiger partial charge in [0.05, 0.1) is 0 Å². The molecule has 0 aliphatic rings. The molecule has 1 unspecified atom stereocenters. The van der Waals surface area contributed by atoms with Crippen LogP contribution < -0.4 is 0 Å². The first-order valence-electron chi connectivity index (χ1n) is 5.17. The van der Waals surface area contributed by atoms with Gasteiger partial charge < -0.3 is 5.11 Å². The third kappa shape index (κ3) is 3.16. The largest absolute Gasteiger partial charge is 0.384 e. The van der Waals surface area contributed by atoms with Crippen molar-refractivity contribution in [1.29, 1.82) is 0 Å². The Labute approximate surface area is 130 Å². The lowest BCUT2D eigenvalue weighted by Crippen LogP contribution is -2.03. The lowest BCUT2D eigenvalue weighted by molar-refractivity contribution is 0.219. The highest BCUT2D eigenvalue weighted by molar-refractivity contribution is 9.11. The molecule has 0 amide bonds. The highest BCUT2D eigenvalue weighted by atomic mass is 79.9. The Morgan fingerprint density at radius 3 is 2.26 bits per heavy atom. The molecule has 0 aromatic heterocycles. The van der Waals surface area contributed by atoms with E-state index in [-0.39, 0.29) is 10.6 Å². The normalized spacial score (nSPS) is 12.5. The third-order valence-electron chi connectivity index (χ3n) is 2.59. The molecule has 6 heteroatoms. The summed E-state index contributed by atoms with van der Waals surface area (Å²) in [4.78, 5) is 0. The van der Waals surface area contributed by atoms with E-state index in [9.17, 15) is 13.9 Å². The van der Waals surface area contributed by atoms with Gasteiger partial charge in [0.2, 0.25) is 0 Å². The summed E-state index contributed by atoms with van der Waals surface area (Å²) in [6, 6.07) is 6.89. The van der Waals surface area contributed by atoms with Crippen molar-refractivity contribution in [3.8, 4) is 0 Å². The van der Waals surface area contributed by atoms with Crippen LogP contribution in [0.3, 0.4) is 0 Å². The number of rotatable bonds is 2. The summed E-state index contributed by atoms with van der Waals surface area (Å²) in [5.74, 6) is -2.09. The van der Waals surface area contributed by atoms with Crippen LogP contribution in [0.1, 0.15) is 17.2 Å². The molecule has 0 bridgehead atoms. The molecule has 0 aliphatic heterocycles. The second-order valence-corrected chi connectivity index (χ2v) is 6.03. The number of aliphatic hydroxyl groups is 1. The molecule has 0 heterocycles. The van der Waals surface area contributed by atoms with Crippen LogP contribution in [0.15, 0.2) is 39.3 Å². The highest BCUT2D eigenvalue weighted by Gasteiger charge is 2.19. The molecule has 1 nitrogen and oxygen atoms in total. The van der Waals surface area contributed by atoms with Crippen LogP contribution in [-0.4, -0.2) is 5.11 Å². The maximum Gasteiger partial charge on any atom is 0.160 e. The van der Waals surface area contributed by atoms with E-state index < -0.39 is 17.7 Å². The smallest absolute Gasteiger partial charge is 0.160 e. The first-order chi connectivity index (χ1) is 8.90. The molecule has 19 heavy (non-hydrogen) atoms. The van der Waals surface area contributed by atoms with Gasteiger partial charge in [0, 0.05) is 19.5 Å². The van der Waals surface area contributed by atoms with Crippen LogP contribution in [-0.2, 0) is 0 Å². The predicted octanol–water partition coefficient (Wildman–Crippen LogP) is 5.22.